The Morgan fingerprint density at radius 2 is 1.97 bits per heavy atom. The fourth-order valence-electron chi connectivity index (χ4n) is 3.15. The van der Waals surface area contributed by atoms with Crippen molar-refractivity contribution in [2.45, 2.75) is 26.6 Å². The van der Waals surface area contributed by atoms with Crippen LogP contribution in [0.15, 0.2) is 29.8 Å². The van der Waals surface area contributed by atoms with E-state index in [0.717, 1.165) is 17.5 Å². The molecule has 2 rings (SSSR count). The molecule has 0 fully saturated rings. The number of nitro groups is 1. The number of nitro benzene ring substituents is 1. The van der Waals surface area contributed by atoms with Crippen LogP contribution < -0.4 is 5.32 Å². The second-order valence-electron chi connectivity index (χ2n) is 7.25. The Kier molecular flexibility index (Phi) is 8.74. The molecule has 0 bridgehead atoms. The van der Waals surface area contributed by atoms with Crippen LogP contribution in [0.3, 0.4) is 0 Å². The van der Waals surface area contributed by atoms with Gasteiger partial charge in [-0.2, -0.15) is 18.4 Å². The standard InChI is InChI=1S/C22H21F3N4O6/c1-13-8-15(14(2)28(13)6-7-34-3)9-16(11-26)21(31)35-12-20(30)27-18-5-4-17(22(23,24)25)10-19(18)29(32)33/h4-5,8-10H,6-7,12H2,1-3H3,(H,27,30). The van der Waals surface area contributed by atoms with Gasteiger partial charge >= 0.3 is 12.1 Å². The number of amides is 1. The maximum atomic E-state index is 12.8. The molecule has 10 nitrogen and oxygen atoms in total. The maximum absolute atomic E-state index is 12.8. The summed E-state index contributed by atoms with van der Waals surface area (Å²) in [5.41, 5.74) is -0.938. The van der Waals surface area contributed by atoms with Crippen molar-refractivity contribution in [2.75, 3.05) is 25.6 Å². The van der Waals surface area contributed by atoms with E-state index in [1.807, 2.05) is 16.8 Å². The summed E-state index contributed by atoms with van der Waals surface area (Å²) in [5, 5.41) is 22.5. The van der Waals surface area contributed by atoms with E-state index in [2.05, 4.69) is 0 Å². The van der Waals surface area contributed by atoms with E-state index in [0.29, 0.717) is 24.8 Å². The smallest absolute Gasteiger partial charge is 0.416 e. The van der Waals surface area contributed by atoms with Gasteiger partial charge in [-0.15, -0.1) is 0 Å². The molecule has 1 amide bonds. The van der Waals surface area contributed by atoms with Crippen molar-refractivity contribution in [2.24, 2.45) is 0 Å². The molecular weight excluding hydrogens is 473 g/mol. The molecule has 0 radical (unpaired) electrons. The van der Waals surface area contributed by atoms with Crippen molar-refractivity contribution < 1.29 is 37.2 Å². The molecule has 0 aliphatic rings. The Labute approximate surface area is 197 Å². The number of nitrogens with zero attached hydrogens (tertiary/aromatic N) is 3. The van der Waals surface area contributed by atoms with Crippen LogP contribution in [0.25, 0.3) is 6.08 Å². The normalized spacial score (nSPS) is 11.6. The van der Waals surface area contributed by atoms with Crippen LogP contribution in [0.5, 0.6) is 0 Å². The first-order chi connectivity index (χ1) is 16.4. The van der Waals surface area contributed by atoms with Crippen LogP contribution >= 0.6 is 0 Å². The van der Waals surface area contributed by atoms with E-state index in [4.69, 9.17) is 9.47 Å². The van der Waals surface area contributed by atoms with Gasteiger partial charge in [-0.3, -0.25) is 14.9 Å². The summed E-state index contributed by atoms with van der Waals surface area (Å²) in [6, 6.07) is 5.01. The van der Waals surface area contributed by atoms with Gasteiger partial charge in [-0.1, -0.05) is 0 Å². The number of nitrogens with one attached hydrogen (secondary N) is 1. The molecule has 0 aliphatic heterocycles. The molecule has 0 spiro atoms. The molecule has 2 aromatic rings. The highest BCUT2D eigenvalue weighted by Gasteiger charge is 2.33. The molecule has 0 atom stereocenters. The zero-order valence-electron chi connectivity index (χ0n) is 18.9. The number of hydrogen-bond donors (Lipinski definition) is 1. The number of benzene rings is 1. The molecule has 0 unspecified atom stereocenters. The first-order valence-corrected chi connectivity index (χ1v) is 9.99. The highest BCUT2D eigenvalue weighted by atomic mass is 19.4. The lowest BCUT2D eigenvalue weighted by atomic mass is 10.1. The first kappa shape index (κ1) is 27.1. The quantitative estimate of drug-likeness (QED) is 0.184. The minimum Gasteiger partial charge on any atom is -0.451 e. The van der Waals surface area contributed by atoms with Gasteiger partial charge < -0.3 is 19.4 Å². The number of aryl methyl sites for hydroxylation is 1. The van der Waals surface area contributed by atoms with E-state index in [-0.39, 0.29) is 6.07 Å². The van der Waals surface area contributed by atoms with E-state index < -0.39 is 52.1 Å². The maximum Gasteiger partial charge on any atom is 0.416 e. The summed E-state index contributed by atoms with van der Waals surface area (Å²) >= 11 is 0. The number of anilines is 1. The third-order valence-electron chi connectivity index (χ3n) is 4.90. The molecule has 1 N–H and O–H groups in total. The lowest BCUT2D eigenvalue weighted by Gasteiger charge is -2.10. The van der Waals surface area contributed by atoms with E-state index in [1.165, 1.54) is 6.08 Å². The Morgan fingerprint density at radius 1 is 1.29 bits per heavy atom. The molecular formula is C22H21F3N4O6. The van der Waals surface area contributed by atoms with Gasteiger partial charge in [0.15, 0.2) is 6.61 Å². The minimum absolute atomic E-state index is 0.279. The zero-order valence-corrected chi connectivity index (χ0v) is 18.9. The number of halogens is 3. The number of rotatable bonds is 9. The van der Waals surface area contributed by atoms with Gasteiger partial charge in [0.2, 0.25) is 0 Å². The number of nitriles is 1. The highest BCUT2D eigenvalue weighted by Crippen LogP contribution is 2.35. The van der Waals surface area contributed by atoms with Crippen molar-refractivity contribution in [1.29, 1.82) is 5.26 Å². The number of carbonyl (C=O) groups excluding carboxylic acids is 2. The van der Waals surface area contributed by atoms with Crippen LogP contribution in [0.2, 0.25) is 0 Å². The van der Waals surface area contributed by atoms with Crippen molar-refractivity contribution in [3.63, 3.8) is 0 Å². The number of ether oxygens (including phenoxy) is 2. The number of methoxy groups -OCH3 is 1. The minimum atomic E-state index is -4.81. The first-order valence-electron chi connectivity index (χ1n) is 9.99. The molecule has 1 heterocycles. The highest BCUT2D eigenvalue weighted by molar-refractivity contribution is 6.00. The predicted octanol–water partition coefficient (Wildman–Crippen LogP) is 3.77. The zero-order chi connectivity index (χ0) is 26.3. The van der Waals surface area contributed by atoms with E-state index in [1.54, 1.807) is 26.2 Å². The summed E-state index contributed by atoms with van der Waals surface area (Å²) in [6.45, 7) is 3.72. The van der Waals surface area contributed by atoms with Crippen LogP contribution in [-0.2, 0) is 31.8 Å². The summed E-state index contributed by atoms with van der Waals surface area (Å²) in [5.74, 6) is -2.16. The number of aromatic nitrogens is 1. The van der Waals surface area contributed by atoms with Gasteiger partial charge in [-0.25, -0.2) is 4.79 Å². The van der Waals surface area contributed by atoms with Crippen molar-refractivity contribution >= 4 is 29.3 Å². The molecule has 0 aliphatic carbocycles. The third-order valence-corrected chi connectivity index (χ3v) is 4.90. The topological polar surface area (TPSA) is 136 Å². The molecule has 186 valence electrons. The average Bonchev–Trinajstić information content (AvgIpc) is 3.05. The fraction of sp³-hybridized carbons (Fsp3) is 0.318. The Hall–Kier alpha value is -4.18. The SMILES string of the molecule is COCCn1c(C)cc(C=C(C#N)C(=O)OCC(=O)Nc2ccc(C(F)(F)F)cc2[N+](=O)[O-])c1C. The average molecular weight is 494 g/mol. The predicted molar refractivity (Wildman–Crippen MR) is 117 cm³/mol. The second-order valence-corrected chi connectivity index (χ2v) is 7.25. The van der Waals surface area contributed by atoms with Gasteiger partial charge in [0.05, 0.1) is 17.1 Å². The second kappa shape index (κ2) is 11.3. The summed E-state index contributed by atoms with van der Waals surface area (Å²) in [7, 11) is 1.56. The molecule has 1 aromatic carbocycles. The van der Waals surface area contributed by atoms with Crippen LogP contribution in [0, 0.1) is 35.3 Å². The molecule has 0 saturated carbocycles. The van der Waals surface area contributed by atoms with Gasteiger partial charge in [-0.05, 0) is 43.7 Å². The summed E-state index contributed by atoms with van der Waals surface area (Å²) < 4.78 is 50.2. The number of esters is 1. The molecule has 1 aromatic heterocycles. The largest absolute Gasteiger partial charge is 0.451 e. The van der Waals surface area contributed by atoms with Crippen LogP contribution in [0.1, 0.15) is 22.5 Å². The fourth-order valence-corrected chi connectivity index (χ4v) is 3.15. The van der Waals surface area contributed by atoms with Gasteiger partial charge in [0.1, 0.15) is 17.3 Å². The number of alkyl halides is 3. The van der Waals surface area contributed by atoms with E-state index >= 15 is 0 Å². The monoisotopic (exact) mass is 494 g/mol. The molecule has 0 saturated heterocycles. The van der Waals surface area contributed by atoms with Crippen LogP contribution in [0.4, 0.5) is 24.5 Å². The lowest BCUT2D eigenvalue weighted by Crippen LogP contribution is -2.22. The van der Waals surface area contributed by atoms with Gasteiger partial charge in [0, 0.05) is 31.1 Å². The molecule has 35 heavy (non-hydrogen) atoms. The van der Waals surface area contributed by atoms with Gasteiger partial charge in [0.25, 0.3) is 11.6 Å². The lowest BCUT2D eigenvalue weighted by molar-refractivity contribution is -0.384. The number of hydrogen-bond acceptors (Lipinski definition) is 7. The van der Waals surface area contributed by atoms with Crippen molar-refractivity contribution in [3.8, 4) is 6.07 Å². The summed E-state index contributed by atoms with van der Waals surface area (Å²) in [6.07, 6.45) is -3.52. The van der Waals surface area contributed by atoms with Crippen molar-refractivity contribution in [1.82, 2.24) is 4.57 Å². The number of carbonyl (C=O) groups is 2. The Morgan fingerprint density at radius 3 is 2.54 bits per heavy atom. The van der Waals surface area contributed by atoms with Crippen molar-refractivity contribution in [3.05, 3.63) is 62.5 Å². The Balaban J connectivity index is 2.11. The summed E-state index contributed by atoms with van der Waals surface area (Å²) in [4.78, 5) is 34.4. The third kappa shape index (κ3) is 6.90. The van der Waals surface area contributed by atoms with Crippen LogP contribution in [-0.4, -0.2) is 41.7 Å². The Bertz CT molecular complexity index is 1210. The van der Waals surface area contributed by atoms with E-state index in [9.17, 15) is 38.1 Å². The molecule has 13 heteroatoms.